The zero-order chi connectivity index (χ0) is 13.3. The second-order valence-electron chi connectivity index (χ2n) is 5.61. The predicted octanol–water partition coefficient (Wildman–Crippen LogP) is 3.22. The Hall–Kier alpha value is -0.600. The van der Waals surface area contributed by atoms with Crippen molar-refractivity contribution >= 4 is 0 Å². The molecule has 1 N–H and O–H groups in total. The van der Waals surface area contributed by atoms with Crippen molar-refractivity contribution in [1.29, 1.82) is 0 Å². The van der Waals surface area contributed by atoms with E-state index in [1.165, 1.54) is 38.6 Å². The lowest BCUT2D eigenvalue weighted by Crippen LogP contribution is -2.45. The first-order valence-corrected chi connectivity index (χ1v) is 7.41. The van der Waals surface area contributed by atoms with Gasteiger partial charge in [0.05, 0.1) is 0 Å². The number of hydrogen-bond acceptors (Lipinski definition) is 2. The number of rotatable bonds is 9. The van der Waals surface area contributed by atoms with Crippen LogP contribution in [-0.4, -0.2) is 37.6 Å². The summed E-state index contributed by atoms with van der Waals surface area (Å²) in [7, 11) is 0. The predicted molar refractivity (Wildman–Crippen MR) is 80.9 cm³/mol. The molecule has 0 atom stereocenters. The van der Waals surface area contributed by atoms with E-state index in [2.05, 4.69) is 30.3 Å². The fraction of sp³-hybridized carbons (Fsp3) is 0.750. The van der Waals surface area contributed by atoms with Gasteiger partial charge in [0.25, 0.3) is 0 Å². The highest BCUT2D eigenvalue weighted by molar-refractivity contribution is 4.91. The van der Waals surface area contributed by atoms with Crippen molar-refractivity contribution in [3.05, 3.63) is 25.3 Å². The van der Waals surface area contributed by atoms with Gasteiger partial charge >= 0.3 is 0 Å². The fourth-order valence-electron chi connectivity index (χ4n) is 3.13. The first-order chi connectivity index (χ1) is 8.76. The number of hydrogen-bond donors (Lipinski definition) is 1. The van der Waals surface area contributed by atoms with Crippen LogP contribution in [0.4, 0.5) is 0 Å². The Bertz CT molecular complexity index is 231. The third-order valence-electron chi connectivity index (χ3n) is 4.00. The molecule has 1 aliphatic rings. The largest absolute Gasteiger partial charge is 0.316 e. The average Bonchev–Trinajstić information content (AvgIpc) is 2.38. The molecule has 0 spiro atoms. The lowest BCUT2D eigenvalue weighted by molar-refractivity contribution is 0.116. The average molecular weight is 250 g/mol. The van der Waals surface area contributed by atoms with E-state index in [0.717, 1.165) is 26.2 Å². The van der Waals surface area contributed by atoms with Gasteiger partial charge in [-0.15, -0.1) is 13.2 Å². The van der Waals surface area contributed by atoms with Crippen LogP contribution in [-0.2, 0) is 0 Å². The van der Waals surface area contributed by atoms with Crippen molar-refractivity contribution in [1.82, 2.24) is 10.2 Å². The van der Waals surface area contributed by atoms with Crippen molar-refractivity contribution in [2.45, 2.75) is 39.0 Å². The lowest BCUT2D eigenvalue weighted by Gasteiger charge is -2.41. The Balaban J connectivity index is 2.61. The maximum Gasteiger partial charge on any atom is 0.0164 e. The molecule has 0 saturated heterocycles. The molecule has 0 aromatic rings. The zero-order valence-corrected chi connectivity index (χ0v) is 12.1. The minimum Gasteiger partial charge on any atom is -0.316 e. The Morgan fingerprint density at radius 1 is 1.11 bits per heavy atom. The fourth-order valence-corrected chi connectivity index (χ4v) is 3.13. The first-order valence-electron chi connectivity index (χ1n) is 7.41. The highest BCUT2D eigenvalue weighted by Crippen LogP contribution is 2.36. The van der Waals surface area contributed by atoms with Gasteiger partial charge in [0.1, 0.15) is 0 Å². The lowest BCUT2D eigenvalue weighted by atomic mass is 9.73. The first kappa shape index (κ1) is 15.5. The zero-order valence-electron chi connectivity index (χ0n) is 12.1. The monoisotopic (exact) mass is 250 g/mol. The van der Waals surface area contributed by atoms with Crippen molar-refractivity contribution in [3.63, 3.8) is 0 Å². The van der Waals surface area contributed by atoms with Gasteiger partial charge in [-0.1, -0.05) is 38.3 Å². The molecular weight excluding hydrogens is 220 g/mol. The molecule has 0 amide bonds. The summed E-state index contributed by atoms with van der Waals surface area (Å²) >= 11 is 0. The highest BCUT2D eigenvalue weighted by Gasteiger charge is 2.32. The van der Waals surface area contributed by atoms with Gasteiger partial charge in [-0.3, -0.25) is 4.90 Å². The smallest absolute Gasteiger partial charge is 0.0164 e. The van der Waals surface area contributed by atoms with E-state index < -0.39 is 0 Å². The molecule has 1 aliphatic carbocycles. The number of nitrogens with zero attached hydrogens (tertiary/aromatic N) is 1. The van der Waals surface area contributed by atoms with Gasteiger partial charge < -0.3 is 5.32 Å². The van der Waals surface area contributed by atoms with Gasteiger partial charge in [-0.05, 0) is 24.8 Å². The van der Waals surface area contributed by atoms with Crippen molar-refractivity contribution in [3.8, 4) is 0 Å². The SMILES string of the molecule is C=CCN(CC=C)CC1(CNCC)CCCCC1. The Morgan fingerprint density at radius 3 is 2.22 bits per heavy atom. The topological polar surface area (TPSA) is 15.3 Å². The standard InChI is InChI=1S/C16H30N2/c1-4-12-18(13-5-2)15-16(14-17-6-3)10-8-7-9-11-16/h4-5,17H,1-2,6-15H2,3H3. The minimum absolute atomic E-state index is 0.472. The summed E-state index contributed by atoms with van der Waals surface area (Å²) < 4.78 is 0. The van der Waals surface area contributed by atoms with E-state index in [0.29, 0.717) is 5.41 Å². The Kier molecular flexibility index (Phi) is 7.29. The molecule has 0 heterocycles. The Morgan fingerprint density at radius 2 is 1.72 bits per heavy atom. The molecular formula is C16H30N2. The van der Waals surface area contributed by atoms with Gasteiger partial charge in [0, 0.05) is 26.2 Å². The van der Waals surface area contributed by atoms with Crippen LogP contribution in [0.1, 0.15) is 39.0 Å². The van der Waals surface area contributed by atoms with E-state index in [4.69, 9.17) is 0 Å². The Labute approximate surface area is 113 Å². The molecule has 0 aromatic heterocycles. The van der Waals surface area contributed by atoms with Crippen molar-refractivity contribution in [2.24, 2.45) is 5.41 Å². The van der Waals surface area contributed by atoms with E-state index in [9.17, 15) is 0 Å². The molecule has 0 aliphatic heterocycles. The van der Waals surface area contributed by atoms with Gasteiger partial charge in [-0.25, -0.2) is 0 Å². The summed E-state index contributed by atoms with van der Waals surface area (Å²) in [4.78, 5) is 2.47. The van der Waals surface area contributed by atoms with Crippen LogP contribution >= 0.6 is 0 Å². The van der Waals surface area contributed by atoms with Crippen LogP contribution in [0.15, 0.2) is 25.3 Å². The van der Waals surface area contributed by atoms with Crippen LogP contribution in [0.2, 0.25) is 0 Å². The van der Waals surface area contributed by atoms with Crippen LogP contribution in [0.3, 0.4) is 0 Å². The van der Waals surface area contributed by atoms with Crippen molar-refractivity contribution in [2.75, 3.05) is 32.7 Å². The maximum absolute atomic E-state index is 3.87. The molecule has 0 radical (unpaired) electrons. The molecule has 2 nitrogen and oxygen atoms in total. The molecule has 0 unspecified atom stereocenters. The van der Waals surface area contributed by atoms with Gasteiger partial charge in [-0.2, -0.15) is 0 Å². The van der Waals surface area contributed by atoms with E-state index in [1.54, 1.807) is 0 Å². The van der Waals surface area contributed by atoms with E-state index in [-0.39, 0.29) is 0 Å². The summed E-state index contributed by atoms with van der Waals surface area (Å²) in [6.45, 7) is 15.3. The van der Waals surface area contributed by atoms with Gasteiger partial charge in [0.15, 0.2) is 0 Å². The quantitative estimate of drug-likeness (QED) is 0.632. The second kappa shape index (κ2) is 8.49. The summed E-state index contributed by atoms with van der Waals surface area (Å²) in [5, 5.41) is 3.57. The van der Waals surface area contributed by atoms with Crippen molar-refractivity contribution < 1.29 is 0 Å². The summed E-state index contributed by atoms with van der Waals surface area (Å²) in [6.07, 6.45) is 10.9. The van der Waals surface area contributed by atoms with E-state index in [1.807, 2.05) is 12.2 Å². The third-order valence-corrected chi connectivity index (χ3v) is 4.00. The summed E-state index contributed by atoms with van der Waals surface area (Å²) in [6, 6.07) is 0. The second-order valence-corrected chi connectivity index (χ2v) is 5.61. The molecule has 18 heavy (non-hydrogen) atoms. The molecule has 1 rings (SSSR count). The van der Waals surface area contributed by atoms with E-state index >= 15 is 0 Å². The highest BCUT2D eigenvalue weighted by atomic mass is 15.1. The molecule has 2 heteroatoms. The summed E-state index contributed by atoms with van der Waals surface area (Å²) in [5.74, 6) is 0. The molecule has 1 fully saturated rings. The van der Waals surface area contributed by atoms with Crippen LogP contribution < -0.4 is 5.32 Å². The van der Waals surface area contributed by atoms with Crippen LogP contribution in [0, 0.1) is 5.41 Å². The van der Waals surface area contributed by atoms with Crippen LogP contribution in [0.25, 0.3) is 0 Å². The molecule has 0 bridgehead atoms. The molecule has 1 saturated carbocycles. The molecule has 104 valence electrons. The van der Waals surface area contributed by atoms with Gasteiger partial charge in [0.2, 0.25) is 0 Å². The number of nitrogens with one attached hydrogen (secondary N) is 1. The maximum atomic E-state index is 3.87. The third kappa shape index (κ3) is 4.95. The normalized spacial score (nSPS) is 18.8. The summed E-state index contributed by atoms with van der Waals surface area (Å²) in [5.41, 5.74) is 0.472. The van der Waals surface area contributed by atoms with Crippen LogP contribution in [0.5, 0.6) is 0 Å². The molecule has 0 aromatic carbocycles. The minimum atomic E-state index is 0.472.